The summed E-state index contributed by atoms with van der Waals surface area (Å²) in [6, 6.07) is 8.53. The van der Waals surface area contributed by atoms with E-state index in [9.17, 15) is 23.4 Å². The molecule has 0 aliphatic heterocycles. The Balaban J connectivity index is 0.00000119. The third-order valence-electron chi connectivity index (χ3n) is 8.42. The minimum absolute atomic E-state index is 0. The number of halogens is 3. The van der Waals surface area contributed by atoms with E-state index in [1.165, 1.54) is 11.1 Å². The number of hydrogen-bond acceptors (Lipinski definition) is 6. The first kappa shape index (κ1) is 44.6. The first-order valence-electron chi connectivity index (χ1n) is 16.3. The van der Waals surface area contributed by atoms with Crippen molar-refractivity contribution in [3.63, 3.8) is 0 Å². The van der Waals surface area contributed by atoms with Gasteiger partial charge in [0.1, 0.15) is 11.5 Å². The molecule has 3 rings (SSSR count). The van der Waals surface area contributed by atoms with Crippen molar-refractivity contribution < 1.29 is 53.7 Å². The Kier molecular flexibility index (Phi) is 14.5. The molecule has 0 unspecified atom stereocenters. The van der Waals surface area contributed by atoms with E-state index in [-0.39, 0.29) is 51.1 Å². The summed E-state index contributed by atoms with van der Waals surface area (Å²) in [5.74, 6) is 0.637. The fourth-order valence-electron chi connectivity index (χ4n) is 5.31. The quantitative estimate of drug-likeness (QED) is 0.164. The van der Waals surface area contributed by atoms with Crippen LogP contribution in [0, 0.1) is 0 Å². The second kappa shape index (κ2) is 15.9. The van der Waals surface area contributed by atoms with Gasteiger partial charge in [-0.2, -0.15) is 21.6 Å². The van der Waals surface area contributed by atoms with Gasteiger partial charge in [-0.05, 0) is 57.8 Å². The molecule has 2 aromatic rings. The number of alkyl halides is 3. The zero-order valence-corrected chi connectivity index (χ0v) is 33.0. The summed E-state index contributed by atoms with van der Waals surface area (Å²) >= 11 is 0. The molecule has 0 radical (unpaired) electrons. The Morgan fingerprint density at radius 2 is 0.918 bits per heavy atom. The maximum absolute atomic E-state index is 11.2. The molecule has 276 valence electrons. The Labute approximate surface area is 302 Å². The molecule has 1 aliphatic carbocycles. The van der Waals surface area contributed by atoms with Crippen molar-refractivity contribution in [2.24, 2.45) is 9.98 Å². The molecule has 0 bridgehead atoms. The normalized spacial score (nSPS) is 18.3. The fraction of sp³-hybridized carbons (Fsp3) is 0.622. The SMILES string of the molecule is CC(C)(C)c1cc(C=N[C@@H]2CCCC[C@H]2N=Cc2cc(C(C)(C)C)cc(C(C)(C)C)c2O)c(O)c(C(C)(C)C)c1.O=S(=O)(O)C(F)(F)F.[Cr]. The Morgan fingerprint density at radius 3 is 1.14 bits per heavy atom. The average Bonchev–Trinajstić information content (AvgIpc) is 2.89. The number of nitrogens with zero attached hydrogens (tertiary/aromatic N) is 2. The van der Waals surface area contributed by atoms with Gasteiger partial charge in [0.15, 0.2) is 0 Å². The van der Waals surface area contributed by atoms with E-state index < -0.39 is 15.6 Å². The van der Waals surface area contributed by atoms with Gasteiger partial charge in [0.2, 0.25) is 0 Å². The smallest absolute Gasteiger partial charge is 0.507 e. The van der Waals surface area contributed by atoms with Gasteiger partial charge >= 0.3 is 15.6 Å². The summed E-state index contributed by atoms with van der Waals surface area (Å²) < 4.78 is 57.5. The maximum Gasteiger partial charge on any atom is 0.522 e. The minimum atomic E-state index is -5.84. The van der Waals surface area contributed by atoms with Gasteiger partial charge in [-0.3, -0.25) is 14.5 Å². The van der Waals surface area contributed by atoms with Crippen molar-refractivity contribution in [3.05, 3.63) is 57.6 Å². The second-order valence-corrected chi connectivity index (χ2v) is 18.2. The molecule has 12 heteroatoms. The van der Waals surface area contributed by atoms with Gasteiger partial charge in [-0.25, -0.2) is 0 Å². The van der Waals surface area contributed by atoms with Crippen molar-refractivity contribution in [3.8, 4) is 11.5 Å². The molecule has 3 N–H and O–H groups in total. The minimum Gasteiger partial charge on any atom is -0.507 e. The van der Waals surface area contributed by atoms with Gasteiger partial charge in [0, 0.05) is 52.0 Å². The summed E-state index contributed by atoms with van der Waals surface area (Å²) in [7, 11) is -5.84. The van der Waals surface area contributed by atoms with Gasteiger partial charge in [0.05, 0.1) is 12.1 Å². The van der Waals surface area contributed by atoms with Crippen LogP contribution >= 0.6 is 0 Å². The molecule has 0 aromatic heterocycles. The van der Waals surface area contributed by atoms with E-state index in [2.05, 4.69) is 107 Å². The molecule has 2 aromatic carbocycles. The number of phenolic OH excluding ortho intramolecular Hbond substituents is 2. The van der Waals surface area contributed by atoms with E-state index in [4.69, 9.17) is 23.0 Å². The van der Waals surface area contributed by atoms with Crippen molar-refractivity contribution in [2.75, 3.05) is 0 Å². The molecule has 7 nitrogen and oxygen atoms in total. The predicted octanol–water partition coefficient (Wildman–Crippen LogP) is 9.53. The largest absolute Gasteiger partial charge is 0.522 e. The summed E-state index contributed by atoms with van der Waals surface area (Å²) in [6.45, 7) is 26.0. The van der Waals surface area contributed by atoms with Crippen LogP contribution in [0.25, 0.3) is 0 Å². The molecule has 0 spiro atoms. The summed E-state index contributed by atoms with van der Waals surface area (Å²) in [5, 5.41) is 22.5. The Morgan fingerprint density at radius 1 is 0.633 bits per heavy atom. The second-order valence-electron chi connectivity index (χ2n) is 16.8. The van der Waals surface area contributed by atoms with Crippen LogP contribution in [0.2, 0.25) is 0 Å². The van der Waals surface area contributed by atoms with Gasteiger partial charge in [0.25, 0.3) is 0 Å². The number of aliphatic imine (C=N–C) groups is 2. The molecule has 0 saturated heterocycles. The van der Waals surface area contributed by atoms with Crippen LogP contribution in [0.5, 0.6) is 11.5 Å². The van der Waals surface area contributed by atoms with Crippen LogP contribution in [-0.2, 0) is 49.1 Å². The van der Waals surface area contributed by atoms with Crippen molar-refractivity contribution in [2.45, 2.75) is 148 Å². The van der Waals surface area contributed by atoms with Crippen LogP contribution in [0.1, 0.15) is 142 Å². The van der Waals surface area contributed by atoms with Crippen LogP contribution in [0.15, 0.2) is 34.3 Å². The first-order valence-corrected chi connectivity index (χ1v) is 17.7. The molecular formula is C37H55CrF3N2O5S. The number of benzene rings is 2. The molecule has 1 aliphatic rings. The fourth-order valence-corrected chi connectivity index (χ4v) is 5.31. The number of rotatable bonds is 4. The van der Waals surface area contributed by atoms with Crippen molar-refractivity contribution in [1.82, 2.24) is 0 Å². The standard InChI is InChI=1S/C36H54N2O2.CHF3O3S.Cr/c1-33(2,3)25-17-23(31(39)27(19-25)35(7,8)9)21-37-29-15-13-14-16-30(29)38-22-24-18-26(34(4,5)6)20-28(32(24)40)36(10,11)12;2-1(3,4)8(5,6)7;/h17-22,29-30,39-40H,13-16H2,1-12H3;(H,5,6,7);/t29-,30-;;/m1../s1. The molecular weight excluding hydrogens is 693 g/mol. The summed E-state index contributed by atoms with van der Waals surface area (Å²) in [4.78, 5) is 10.1. The van der Waals surface area contributed by atoms with Crippen LogP contribution in [0.3, 0.4) is 0 Å². The van der Waals surface area contributed by atoms with Gasteiger partial charge < -0.3 is 10.2 Å². The zero-order chi connectivity index (χ0) is 37.3. The number of phenols is 2. The Bertz CT molecular complexity index is 1510. The van der Waals surface area contributed by atoms with Crippen molar-refractivity contribution >= 4 is 22.5 Å². The van der Waals surface area contributed by atoms with E-state index in [0.29, 0.717) is 11.5 Å². The van der Waals surface area contributed by atoms with Crippen molar-refractivity contribution in [1.29, 1.82) is 0 Å². The average molecular weight is 749 g/mol. The van der Waals surface area contributed by atoms with Crippen LogP contribution in [0.4, 0.5) is 13.2 Å². The third kappa shape index (κ3) is 12.4. The van der Waals surface area contributed by atoms with E-state index in [1.54, 1.807) is 0 Å². The molecule has 0 amide bonds. The van der Waals surface area contributed by atoms with E-state index in [1.807, 2.05) is 12.4 Å². The topological polar surface area (TPSA) is 120 Å². The molecule has 1 saturated carbocycles. The molecule has 2 atom stereocenters. The van der Waals surface area contributed by atoms with E-state index >= 15 is 0 Å². The number of aromatic hydroxyl groups is 2. The zero-order valence-electron chi connectivity index (χ0n) is 31.0. The van der Waals surface area contributed by atoms with Gasteiger partial charge in [-0.15, -0.1) is 0 Å². The molecule has 49 heavy (non-hydrogen) atoms. The number of hydrogen-bond donors (Lipinski definition) is 3. The monoisotopic (exact) mass is 748 g/mol. The predicted molar refractivity (Wildman–Crippen MR) is 190 cm³/mol. The molecule has 1 fully saturated rings. The maximum atomic E-state index is 11.2. The van der Waals surface area contributed by atoms with E-state index in [0.717, 1.165) is 47.9 Å². The Hall–Kier alpha value is -2.39. The van der Waals surface area contributed by atoms with Crippen LogP contribution in [-0.4, -0.2) is 53.2 Å². The van der Waals surface area contributed by atoms with Crippen LogP contribution < -0.4 is 0 Å². The third-order valence-corrected chi connectivity index (χ3v) is 9.01. The summed E-state index contributed by atoms with van der Waals surface area (Å²) in [5.41, 5.74) is -0.140. The summed E-state index contributed by atoms with van der Waals surface area (Å²) in [6.07, 6.45) is 7.90. The first-order chi connectivity index (χ1) is 21.4. The van der Waals surface area contributed by atoms with Gasteiger partial charge in [-0.1, -0.05) is 108 Å². The molecule has 0 heterocycles.